The van der Waals surface area contributed by atoms with Crippen LogP contribution < -0.4 is 0 Å². The molecule has 0 fully saturated rings. The van der Waals surface area contributed by atoms with E-state index in [9.17, 15) is 0 Å². The Bertz CT molecular complexity index is 867. The van der Waals surface area contributed by atoms with Crippen molar-refractivity contribution in [1.29, 1.82) is 0 Å². The highest BCUT2D eigenvalue weighted by atomic mass is 14.4. The Morgan fingerprint density at radius 3 is 1.29 bits per heavy atom. The zero-order valence-electron chi connectivity index (χ0n) is 22.7. The van der Waals surface area contributed by atoms with E-state index in [4.69, 9.17) is 0 Å². The van der Waals surface area contributed by atoms with Crippen LogP contribution in [0.4, 0.5) is 0 Å². The van der Waals surface area contributed by atoms with Crippen molar-refractivity contribution >= 4 is 0 Å². The van der Waals surface area contributed by atoms with Gasteiger partial charge in [-0.1, -0.05) is 126 Å². The molecule has 0 saturated heterocycles. The third kappa shape index (κ3) is 5.44. The molecular weight excluding hydrogens is 372 g/mol. The topological polar surface area (TPSA) is 0 Å². The predicted octanol–water partition coefficient (Wildman–Crippen LogP) is 9.42. The summed E-state index contributed by atoms with van der Waals surface area (Å²) in [6.07, 6.45) is 1.10. The van der Waals surface area contributed by atoms with Gasteiger partial charge in [0.25, 0.3) is 0 Å². The normalized spacial score (nSPS) is 14.6. The molecule has 31 heavy (non-hydrogen) atoms. The van der Waals surface area contributed by atoms with Gasteiger partial charge >= 0.3 is 0 Å². The van der Waals surface area contributed by atoms with Crippen molar-refractivity contribution in [3.05, 3.63) is 69.8 Å². The summed E-state index contributed by atoms with van der Waals surface area (Å²) in [6.45, 7) is 30.8. The van der Waals surface area contributed by atoms with E-state index in [1.165, 1.54) is 27.8 Å². The van der Waals surface area contributed by atoms with E-state index in [1.807, 2.05) is 0 Å². The fraction of sp³-hybridized carbons (Fsp3) is 0.613. The first-order chi connectivity index (χ1) is 13.9. The minimum atomic E-state index is 0.0885. The van der Waals surface area contributed by atoms with Crippen LogP contribution in [-0.4, -0.2) is 0 Å². The maximum atomic E-state index is 2.41. The van der Waals surface area contributed by atoms with Crippen LogP contribution in [0.3, 0.4) is 0 Å². The Morgan fingerprint density at radius 1 is 0.548 bits per heavy atom. The van der Waals surface area contributed by atoms with Gasteiger partial charge in [0.1, 0.15) is 0 Å². The minimum absolute atomic E-state index is 0.0885. The minimum Gasteiger partial charge on any atom is -0.0645 e. The molecule has 0 spiro atoms. The second kappa shape index (κ2) is 8.42. The van der Waals surface area contributed by atoms with Crippen LogP contribution in [0.1, 0.15) is 136 Å². The van der Waals surface area contributed by atoms with Gasteiger partial charge < -0.3 is 0 Å². The third-order valence-corrected chi connectivity index (χ3v) is 6.51. The molecule has 1 unspecified atom stereocenters. The summed E-state index contributed by atoms with van der Waals surface area (Å²) >= 11 is 0. The van der Waals surface area contributed by atoms with E-state index >= 15 is 0 Å². The third-order valence-electron chi connectivity index (χ3n) is 6.51. The Balaban J connectivity index is 3.00. The molecule has 0 aliphatic heterocycles. The van der Waals surface area contributed by atoms with Crippen LogP contribution in [-0.2, 0) is 21.7 Å². The second-order valence-electron chi connectivity index (χ2n) is 13.5. The largest absolute Gasteiger partial charge is 0.0645 e. The summed E-state index contributed by atoms with van der Waals surface area (Å²) in [4.78, 5) is 0. The summed E-state index contributed by atoms with van der Waals surface area (Å²) in [7, 11) is 0. The zero-order valence-corrected chi connectivity index (χ0v) is 22.7. The van der Waals surface area contributed by atoms with E-state index in [2.05, 4.69) is 126 Å². The molecule has 0 N–H and O–H groups in total. The van der Waals surface area contributed by atoms with Gasteiger partial charge in [0.15, 0.2) is 0 Å². The summed E-state index contributed by atoms with van der Waals surface area (Å²) < 4.78 is 0. The fourth-order valence-corrected chi connectivity index (χ4v) is 5.15. The van der Waals surface area contributed by atoms with Gasteiger partial charge in [0, 0.05) is 5.92 Å². The Kier molecular flexibility index (Phi) is 6.98. The molecule has 0 heterocycles. The molecule has 0 aliphatic carbocycles. The van der Waals surface area contributed by atoms with Gasteiger partial charge in [-0.05, 0) is 61.5 Å². The number of hydrogen-bond acceptors (Lipinski definition) is 0. The standard InChI is InChI=1S/C31H48/c1-14-21(22-17-15-20-25(30(8,9)10)27(22)31(11,12)13)26-23(28(2,3)4)18-16-19-24(26)29(5,6)7/h15-21H,14H2,1-13H3. The van der Waals surface area contributed by atoms with Crippen LogP contribution in [0.15, 0.2) is 36.4 Å². The molecule has 2 aromatic rings. The highest BCUT2D eigenvalue weighted by Crippen LogP contribution is 2.46. The van der Waals surface area contributed by atoms with Gasteiger partial charge in [-0.3, -0.25) is 0 Å². The van der Waals surface area contributed by atoms with Crippen LogP contribution in [0.25, 0.3) is 0 Å². The molecule has 2 rings (SSSR count). The Hall–Kier alpha value is -1.56. The molecule has 172 valence electrons. The monoisotopic (exact) mass is 420 g/mol. The van der Waals surface area contributed by atoms with Gasteiger partial charge in [-0.15, -0.1) is 0 Å². The van der Waals surface area contributed by atoms with Crippen LogP contribution in [0.2, 0.25) is 0 Å². The Labute approximate surface area is 193 Å². The van der Waals surface area contributed by atoms with E-state index in [0.29, 0.717) is 5.92 Å². The van der Waals surface area contributed by atoms with Crippen molar-refractivity contribution in [2.45, 2.75) is 124 Å². The lowest BCUT2D eigenvalue weighted by Gasteiger charge is -2.38. The Morgan fingerprint density at radius 2 is 0.935 bits per heavy atom. The van der Waals surface area contributed by atoms with Gasteiger partial charge in [0.05, 0.1) is 0 Å². The summed E-state index contributed by atoms with van der Waals surface area (Å²) in [5.74, 6) is 0.390. The van der Waals surface area contributed by atoms with Gasteiger partial charge in [-0.2, -0.15) is 0 Å². The number of benzene rings is 2. The molecule has 2 aromatic carbocycles. The molecule has 1 atom stereocenters. The van der Waals surface area contributed by atoms with Crippen LogP contribution in [0.5, 0.6) is 0 Å². The molecule has 0 heteroatoms. The summed E-state index contributed by atoms with van der Waals surface area (Å²) in [5, 5.41) is 0. The van der Waals surface area contributed by atoms with Gasteiger partial charge in [-0.25, -0.2) is 0 Å². The average Bonchev–Trinajstić information content (AvgIpc) is 2.59. The van der Waals surface area contributed by atoms with Crippen molar-refractivity contribution in [2.75, 3.05) is 0 Å². The quantitative estimate of drug-likeness (QED) is 0.464. The highest BCUT2D eigenvalue weighted by Gasteiger charge is 2.34. The maximum Gasteiger partial charge on any atom is 0.00956 e. The highest BCUT2D eigenvalue weighted by molar-refractivity contribution is 5.53. The summed E-state index contributed by atoms with van der Waals surface area (Å²) in [6, 6.07) is 14.1. The van der Waals surface area contributed by atoms with Crippen molar-refractivity contribution in [2.24, 2.45) is 0 Å². The molecule has 0 bridgehead atoms. The van der Waals surface area contributed by atoms with E-state index in [0.717, 1.165) is 6.42 Å². The lowest BCUT2D eigenvalue weighted by Crippen LogP contribution is -2.27. The lowest BCUT2D eigenvalue weighted by molar-refractivity contribution is 0.513. The van der Waals surface area contributed by atoms with Crippen molar-refractivity contribution in [3.8, 4) is 0 Å². The molecule has 0 aromatic heterocycles. The first-order valence-electron chi connectivity index (χ1n) is 12.2. The predicted molar refractivity (Wildman–Crippen MR) is 140 cm³/mol. The average molecular weight is 421 g/mol. The first kappa shape index (κ1) is 25.7. The lowest BCUT2D eigenvalue weighted by atomic mass is 9.66. The van der Waals surface area contributed by atoms with E-state index in [-0.39, 0.29) is 21.7 Å². The maximum absolute atomic E-state index is 2.41. The molecule has 0 radical (unpaired) electrons. The molecule has 0 nitrogen and oxygen atoms in total. The van der Waals surface area contributed by atoms with Crippen molar-refractivity contribution in [1.82, 2.24) is 0 Å². The zero-order chi connectivity index (χ0) is 24.0. The smallest absolute Gasteiger partial charge is 0.00956 e. The van der Waals surface area contributed by atoms with Crippen molar-refractivity contribution in [3.63, 3.8) is 0 Å². The number of rotatable bonds is 3. The van der Waals surface area contributed by atoms with Crippen LogP contribution >= 0.6 is 0 Å². The number of hydrogen-bond donors (Lipinski definition) is 0. The fourth-order valence-electron chi connectivity index (χ4n) is 5.15. The van der Waals surface area contributed by atoms with E-state index in [1.54, 1.807) is 5.56 Å². The molecular formula is C31H48. The van der Waals surface area contributed by atoms with Crippen molar-refractivity contribution < 1.29 is 0 Å². The van der Waals surface area contributed by atoms with Gasteiger partial charge in [0.2, 0.25) is 0 Å². The summed E-state index contributed by atoms with van der Waals surface area (Å²) in [5.41, 5.74) is 9.51. The molecule has 0 saturated carbocycles. The first-order valence-corrected chi connectivity index (χ1v) is 12.2. The molecule has 0 aliphatic rings. The SMILES string of the molecule is CCC(c1cccc(C(C)(C)C)c1C(C)(C)C)c1c(C(C)(C)C)cccc1C(C)(C)C. The van der Waals surface area contributed by atoms with Crippen LogP contribution in [0, 0.1) is 0 Å². The van der Waals surface area contributed by atoms with E-state index < -0.39 is 0 Å². The second-order valence-corrected chi connectivity index (χ2v) is 13.5. The molecule has 0 amide bonds.